The normalized spacial score (nSPS) is 27.8. The average molecular weight is 318 g/mol. The summed E-state index contributed by atoms with van der Waals surface area (Å²) in [4.78, 5) is 0. The third-order valence-corrected chi connectivity index (χ3v) is 6.97. The zero-order valence-electron chi connectivity index (χ0n) is 16.0. The van der Waals surface area contributed by atoms with Crippen LogP contribution in [0.5, 0.6) is 0 Å². The van der Waals surface area contributed by atoms with Crippen molar-refractivity contribution in [2.24, 2.45) is 23.2 Å². The first-order valence-electron chi connectivity index (χ1n) is 9.73. The molecule has 0 aromatic carbocycles. The first kappa shape index (κ1) is 17.0. The van der Waals surface area contributed by atoms with Crippen molar-refractivity contribution in [3.05, 3.63) is 11.4 Å². The second-order valence-electron chi connectivity index (χ2n) is 9.35. The average Bonchev–Trinajstić information content (AvgIpc) is 2.92. The summed E-state index contributed by atoms with van der Waals surface area (Å²) in [6.45, 7) is 14.0. The lowest BCUT2D eigenvalue weighted by molar-refractivity contribution is 0.285. The molecule has 3 atom stereocenters. The predicted molar refractivity (Wildman–Crippen MR) is 95.4 cm³/mol. The Hall–Kier alpha value is -0.860. The number of fused-ring (bicyclic) bond motifs is 2. The van der Waals surface area contributed by atoms with Gasteiger partial charge in [-0.25, -0.2) is 4.68 Å². The molecule has 0 N–H and O–H groups in total. The number of nitrogens with zero attached hydrogens (tertiary/aromatic N) is 3. The van der Waals surface area contributed by atoms with E-state index < -0.39 is 0 Å². The molecule has 0 amide bonds. The molecule has 1 fully saturated rings. The van der Waals surface area contributed by atoms with Crippen molar-refractivity contribution < 1.29 is 0 Å². The Labute approximate surface area is 142 Å². The Morgan fingerprint density at radius 1 is 1.00 bits per heavy atom. The van der Waals surface area contributed by atoms with E-state index in [0.717, 1.165) is 30.6 Å². The Bertz CT molecular complexity index is 555. The van der Waals surface area contributed by atoms with Gasteiger partial charge in [-0.2, -0.15) is 0 Å². The van der Waals surface area contributed by atoms with Crippen LogP contribution in [-0.4, -0.2) is 15.0 Å². The van der Waals surface area contributed by atoms with Crippen molar-refractivity contribution in [1.29, 1.82) is 0 Å². The van der Waals surface area contributed by atoms with Gasteiger partial charge in [0, 0.05) is 0 Å². The first-order valence-corrected chi connectivity index (χ1v) is 9.73. The van der Waals surface area contributed by atoms with Crippen molar-refractivity contribution >= 4 is 0 Å². The number of hydrogen-bond acceptors (Lipinski definition) is 2. The molecule has 3 rings (SSSR count). The molecule has 130 valence electrons. The van der Waals surface area contributed by atoms with E-state index in [1.165, 1.54) is 43.5 Å². The van der Waals surface area contributed by atoms with Gasteiger partial charge in [0.2, 0.25) is 0 Å². The second kappa shape index (κ2) is 5.89. The quantitative estimate of drug-likeness (QED) is 0.766. The first-order chi connectivity index (χ1) is 10.8. The number of aromatic nitrogens is 3. The van der Waals surface area contributed by atoms with Gasteiger partial charge in [0.1, 0.15) is 0 Å². The molecule has 2 aliphatic rings. The molecule has 1 aromatic heterocycles. The molecule has 0 saturated heterocycles. The lowest BCUT2D eigenvalue weighted by Gasteiger charge is -2.25. The maximum atomic E-state index is 4.55. The van der Waals surface area contributed by atoms with Crippen LogP contribution in [0.25, 0.3) is 0 Å². The van der Waals surface area contributed by atoms with Crippen LogP contribution in [0, 0.1) is 23.2 Å². The lowest BCUT2D eigenvalue weighted by Crippen LogP contribution is -2.29. The number of hydrogen-bond donors (Lipinski definition) is 0. The highest BCUT2D eigenvalue weighted by Crippen LogP contribution is 2.57. The van der Waals surface area contributed by atoms with E-state index in [1.807, 2.05) is 0 Å². The highest BCUT2D eigenvalue weighted by molar-refractivity contribution is 5.16. The molecule has 1 saturated carbocycles. The van der Waals surface area contributed by atoms with Gasteiger partial charge in [-0.1, -0.05) is 39.3 Å². The highest BCUT2D eigenvalue weighted by atomic mass is 15.5. The van der Waals surface area contributed by atoms with Crippen LogP contribution in [0.1, 0.15) is 85.0 Å². The van der Waals surface area contributed by atoms with Gasteiger partial charge >= 0.3 is 0 Å². The van der Waals surface area contributed by atoms with Gasteiger partial charge < -0.3 is 0 Å². The van der Waals surface area contributed by atoms with Crippen LogP contribution >= 0.6 is 0 Å². The third kappa shape index (κ3) is 3.21. The van der Waals surface area contributed by atoms with Crippen molar-refractivity contribution in [2.45, 2.75) is 92.0 Å². The summed E-state index contributed by atoms with van der Waals surface area (Å²) < 4.78 is 2.23. The Morgan fingerprint density at radius 3 is 2.26 bits per heavy atom. The molecule has 0 aliphatic heterocycles. The summed E-state index contributed by atoms with van der Waals surface area (Å²) in [7, 11) is 0. The molecule has 3 nitrogen and oxygen atoms in total. The van der Waals surface area contributed by atoms with Crippen LogP contribution in [0.2, 0.25) is 0 Å². The molecular weight excluding hydrogens is 282 g/mol. The van der Waals surface area contributed by atoms with Gasteiger partial charge in [-0.15, -0.1) is 5.10 Å². The second-order valence-corrected chi connectivity index (χ2v) is 9.35. The molecule has 0 unspecified atom stereocenters. The minimum absolute atomic E-state index is 0.0896. The van der Waals surface area contributed by atoms with Crippen molar-refractivity contribution in [2.75, 3.05) is 0 Å². The molecule has 1 aromatic rings. The minimum atomic E-state index is 0.0896. The Morgan fingerprint density at radius 2 is 1.65 bits per heavy atom. The predicted octanol–water partition coefficient (Wildman–Crippen LogP) is 4.99. The number of aryl methyl sites for hydroxylation is 1. The topological polar surface area (TPSA) is 30.7 Å². The third-order valence-electron chi connectivity index (χ3n) is 6.97. The van der Waals surface area contributed by atoms with E-state index in [9.17, 15) is 0 Å². The van der Waals surface area contributed by atoms with Crippen LogP contribution in [0.4, 0.5) is 0 Å². The van der Waals surface area contributed by atoms with Crippen molar-refractivity contribution in [3.8, 4) is 0 Å². The molecule has 2 aliphatic carbocycles. The fraction of sp³-hybridized carbons (Fsp3) is 0.900. The van der Waals surface area contributed by atoms with E-state index in [-0.39, 0.29) is 5.54 Å². The molecule has 3 heteroatoms. The Balaban J connectivity index is 1.72. The van der Waals surface area contributed by atoms with Gasteiger partial charge in [0.25, 0.3) is 0 Å². The largest absolute Gasteiger partial charge is 0.244 e. The van der Waals surface area contributed by atoms with E-state index in [4.69, 9.17) is 0 Å². The van der Waals surface area contributed by atoms with Gasteiger partial charge in [-0.05, 0) is 75.5 Å². The fourth-order valence-electron chi connectivity index (χ4n) is 4.49. The maximum absolute atomic E-state index is 4.55. The highest BCUT2D eigenvalue weighted by Gasteiger charge is 2.51. The number of rotatable bonds is 5. The van der Waals surface area contributed by atoms with Gasteiger partial charge in [0.15, 0.2) is 0 Å². The molecule has 0 radical (unpaired) electrons. The summed E-state index contributed by atoms with van der Waals surface area (Å²) in [5, 5.41) is 9.08. The van der Waals surface area contributed by atoms with Crippen molar-refractivity contribution in [1.82, 2.24) is 15.0 Å². The minimum Gasteiger partial charge on any atom is -0.244 e. The van der Waals surface area contributed by atoms with Crippen LogP contribution in [0.3, 0.4) is 0 Å². The summed E-state index contributed by atoms with van der Waals surface area (Å²) >= 11 is 0. The fourth-order valence-corrected chi connectivity index (χ4v) is 4.49. The molecule has 0 bridgehead atoms. The van der Waals surface area contributed by atoms with Crippen LogP contribution in [-0.2, 0) is 18.4 Å². The molecule has 0 spiro atoms. The zero-order chi connectivity index (χ0) is 16.8. The van der Waals surface area contributed by atoms with Gasteiger partial charge in [-0.3, -0.25) is 0 Å². The van der Waals surface area contributed by atoms with E-state index >= 15 is 0 Å². The maximum Gasteiger partial charge on any atom is 0.0859 e. The summed E-state index contributed by atoms with van der Waals surface area (Å²) in [6.07, 6.45) is 8.79. The van der Waals surface area contributed by atoms with Crippen LogP contribution < -0.4 is 0 Å². The summed E-state index contributed by atoms with van der Waals surface area (Å²) in [6, 6.07) is 0. The van der Waals surface area contributed by atoms with E-state index in [1.54, 1.807) is 0 Å². The molecule has 1 heterocycles. The molecule has 23 heavy (non-hydrogen) atoms. The van der Waals surface area contributed by atoms with Gasteiger partial charge in [0.05, 0.1) is 16.9 Å². The lowest BCUT2D eigenvalue weighted by atomic mass is 9.83. The monoisotopic (exact) mass is 317 g/mol. The standard InChI is InChI=1S/C20H35N3/c1-7-19(3,4)13-16-14-9-11-17-18(12-10-15(14)16)23(22-21-17)20(5,6)8-2/h14-16H,7-13H2,1-6H3/t14-,15+,16-/m1/s1. The van der Waals surface area contributed by atoms with E-state index in [0.29, 0.717) is 5.41 Å². The van der Waals surface area contributed by atoms with Crippen molar-refractivity contribution in [3.63, 3.8) is 0 Å². The smallest absolute Gasteiger partial charge is 0.0859 e. The Kier molecular flexibility index (Phi) is 4.35. The summed E-state index contributed by atoms with van der Waals surface area (Å²) in [5.41, 5.74) is 3.31. The summed E-state index contributed by atoms with van der Waals surface area (Å²) in [5.74, 6) is 2.88. The van der Waals surface area contributed by atoms with E-state index in [2.05, 4.69) is 56.5 Å². The van der Waals surface area contributed by atoms with Crippen LogP contribution in [0.15, 0.2) is 0 Å². The SMILES string of the molecule is CCC(C)(C)C[C@@H]1[C@@H]2CCc3nnn(C(C)(C)CC)c3CC[C@@H]21. The molecular formula is C20H35N3. The zero-order valence-corrected chi connectivity index (χ0v) is 16.0.